The maximum Gasteiger partial charge on any atom is 0.257 e. The minimum Gasteiger partial charge on any atom is -0.376 e. The Hall–Kier alpha value is -1.63. The van der Waals surface area contributed by atoms with E-state index < -0.39 is 5.54 Å². The van der Waals surface area contributed by atoms with Crippen LogP contribution in [0.2, 0.25) is 0 Å². The minimum absolute atomic E-state index is 0.0584. The summed E-state index contributed by atoms with van der Waals surface area (Å²) in [6.07, 6.45) is 1.12. The van der Waals surface area contributed by atoms with Crippen LogP contribution >= 0.6 is 27.7 Å². The van der Waals surface area contributed by atoms with Gasteiger partial charge >= 0.3 is 0 Å². The standard InChI is InChI=1S/C22H23BrN2O2S/c1-15-12-21(2)14-28-20(24-19(26)16-7-4-3-5-8-16)25-22(21,13-27-15)17-9-6-10-18(23)11-17/h3-11,15H,12-14H2,1-2H3,(H,24,25,26)/t15-,21-,22+/m0/s1. The van der Waals surface area contributed by atoms with Gasteiger partial charge in [-0.1, -0.05) is 64.9 Å². The number of aliphatic imine (C=N–C) groups is 1. The highest BCUT2D eigenvalue weighted by Gasteiger charge is 2.55. The Labute approximate surface area is 178 Å². The zero-order valence-corrected chi connectivity index (χ0v) is 18.3. The molecule has 2 aromatic rings. The molecule has 2 aliphatic rings. The lowest BCUT2D eigenvalue weighted by Crippen LogP contribution is -2.56. The lowest BCUT2D eigenvalue weighted by molar-refractivity contribution is -0.0862. The molecule has 2 aromatic carbocycles. The Morgan fingerprint density at radius 1 is 1.25 bits per heavy atom. The number of benzene rings is 2. The largest absolute Gasteiger partial charge is 0.376 e. The number of ether oxygens (including phenoxy) is 1. The average molecular weight is 459 g/mol. The van der Waals surface area contributed by atoms with Crippen molar-refractivity contribution in [1.82, 2.24) is 5.32 Å². The highest BCUT2D eigenvalue weighted by Crippen LogP contribution is 2.54. The summed E-state index contributed by atoms with van der Waals surface area (Å²) >= 11 is 5.21. The fourth-order valence-electron chi connectivity index (χ4n) is 4.14. The van der Waals surface area contributed by atoms with E-state index in [0.717, 1.165) is 22.2 Å². The average Bonchev–Trinajstić information content (AvgIpc) is 2.69. The second-order valence-electron chi connectivity index (χ2n) is 7.78. The van der Waals surface area contributed by atoms with Crippen molar-refractivity contribution >= 4 is 38.8 Å². The first-order valence-corrected chi connectivity index (χ1v) is 11.2. The number of rotatable bonds is 2. The van der Waals surface area contributed by atoms with Gasteiger partial charge in [0.1, 0.15) is 5.54 Å². The van der Waals surface area contributed by atoms with Crippen LogP contribution in [0, 0.1) is 5.41 Å². The molecule has 2 heterocycles. The fraction of sp³-hybridized carbons (Fsp3) is 0.364. The Balaban J connectivity index is 1.73. The van der Waals surface area contributed by atoms with E-state index >= 15 is 0 Å². The molecule has 1 N–H and O–H groups in total. The molecule has 0 aromatic heterocycles. The van der Waals surface area contributed by atoms with Gasteiger partial charge in [-0.3, -0.25) is 4.79 Å². The van der Waals surface area contributed by atoms with E-state index in [4.69, 9.17) is 9.73 Å². The maximum atomic E-state index is 12.7. The van der Waals surface area contributed by atoms with Gasteiger partial charge in [0.05, 0.1) is 12.7 Å². The topological polar surface area (TPSA) is 50.7 Å². The van der Waals surface area contributed by atoms with Crippen molar-refractivity contribution in [2.75, 3.05) is 12.4 Å². The van der Waals surface area contributed by atoms with Gasteiger partial charge in [0.15, 0.2) is 5.17 Å². The Kier molecular flexibility index (Phi) is 5.38. The highest BCUT2D eigenvalue weighted by molar-refractivity contribution is 9.10. The van der Waals surface area contributed by atoms with Crippen LogP contribution in [0.5, 0.6) is 0 Å². The maximum absolute atomic E-state index is 12.7. The molecule has 28 heavy (non-hydrogen) atoms. The second-order valence-corrected chi connectivity index (χ2v) is 9.66. The predicted molar refractivity (Wildman–Crippen MR) is 118 cm³/mol. The van der Waals surface area contributed by atoms with Gasteiger partial charge in [-0.25, -0.2) is 4.99 Å². The molecule has 0 unspecified atom stereocenters. The van der Waals surface area contributed by atoms with E-state index in [0.29, 0.717) is 17.3 Å². The monoisotopic (exact) mass is 458 g/mol. The second kappa shape index (κ2) is 7.65. The van der Waals surface area contributed by atoms with Crippen molar-refractivity contribution in [2.24, 2.45) is 10.4 Å². The molecule has 1 saturated heterocycles. The van der Waals surface area contributed by atoms with Crippen LogP contribution in [-0.2, 0) is 10.3 Å². The number of halogens is 1. The number of carbonyl (C=O) groups excluding carboxylic acids is 1. The normalized spacial score (nSPS) is 29.5. The Morgan fingerprint density at radius 2 is 2.04 bits per heavy atom. The summed E-state index contributed by atoms with van der Waals surface area (Å²) < 4.78 is 7.12. The zero-order valence-electron chi connectivity index (χ0n) is 15.9. The molecule has 0 saturated carbocycles. The predicted octanol–water partition coefficient (Wildman–Crippen LogP) is 4.99. The van der Waals surface area contributed by atoms with Crippen molar-refractivity contribution in [2.45, 2.75) is 31.9 Å². The number of fused-ring (bicyclic) bond motifs is 1. The van der Waals surface area contributed by atoms with Crippen LogP contribution in [0.25, 0.3) is 0 Å². The van der Waals surface area contributed by atoms with Crippen LogP contribution in [0.3, 0.4) is 0 Å². The van der Waals surface area contributed by atoms with Crippen molar-refractivity contribution in [1.29, 1.82) is 0 Å². The van der Waals surface area contributed by atoms with Crippen molar-refractivity contribution in [3.8, 4) is 0 Å². The van der Waals surface area contributed by atoms with Gasteiger partial charge in [0, 0.05) is 21.2 Å². The smallest absolute Gasteiger partial charge is 0.257 e. The van der Waals surface area contributed by atoms with Crippen LogP contribution in [0.1, 0.15) is 36.2 Å². The van der Waals surface area contributed by atoms with Gasteiger partial charge in [0.2, 0.25) is 0 Å². The summed E-state index contributed by atoms with van der Waals surface area (Å²) in [5.74, 6) is 0.742. The quantitative estimate of drug-likeness (QED) is 0.689. The molecule has 1 amide bonds. The lowest BCUT2D eigenvalue weighted by Gasteiger charge is -2.53. The van der Waals surface area contributed by atoms with Crippen LogP contribution < -0.4 is 5.32 Å². The molecular formula is C22H23BrN2O2S. The molecule has 3 atom stereocenters. The molecule has 1 fully saturated rings. The number of nitrogens with zero attached hydrogens (tertiary/aromatic N) is 1. The molecule has 0 radical (unpaired) electrons. The summed E-state index contributed by atoms with van der Waals surface area (Å²) in [5.41, 5.74) is 1.16. The first kappa shape index (κ1) is 19.7. The first-order chi connectivity index (χ1) is 13.4. The van der Waals surface area contributed by atoms with Gasteiger partial charge in [-0.15, -0.1) is 0 Å². The van der Waals surface area contributed by atoms with E-state index in [-0.39, 0.29) is 17.4 Å². The molecule has 146 valence electrons. The number of amidine groups is 1. The SMILES string of the molecule is C[C@H]1C[C@@]2(C)CSC(NC(=O)c3ccccc3)=N[C@@]2(c2cccc(Br)c2)CO1. The lowest BCUT2D eigenvalue weighted by atomic mass is 9.64. The number of hydrogen-bond donors (Lipinski definition) is 1. The highest BCUT2D eigenvalue weighted by atomic mass is 79.9. The van der Waals surface area contributed by atoms with Gasteiger partial charge in [0.25, 0.3) is 5.91 Å². The number of amides is 1. The number of hydrogen-bond acceptors (Lipinski definition) is 4. The van der Waals surface area contributed by atoms with Crippen LogP contribution in [0.15, 0.2) is 64.1 Å². The molecule has 0 aliphatic carbocycles. The Morgan fingerprint density at radius 3 is 2.79 bits per heavy atom. The van der Waals surface area contributed by atoms with E-state index in [1.54, 1.807) is 11.8 Å². The molecule has 2 aliphatic heterocycles. The number of thioether (sulfide) groups is 1. The Bertz CT molecular complexity index is 920. The first-order valence-electron chi connectivity index (χ1n) is 9.39. The van der Waals surface area contributed by atoms with Gasteiger partial charge < -0.3 is 10.1 Å². The van der Waals surface area contributed by atoms with Crippen molar-refractivity contribution in [3.63, 3.8) is 0 Å². The molecule has 4 rings (SSSR count). The van der Waals surface area contributed by atoms with Crippen LogP contribution in [-0.4, -0.2) is 29.5 Å². The summed E-state index contributed by atoms with van der Waals surface area (Å²) in [6, 6.07) is 17.5. The number of nitrogens with one attached hydrogen (secondary N) is 1. The van der Waals surface area contributed by atoms with E-state index in [1.807, 2.05) is 42.5 Å². The van der Waals surface area contributed by atoms with Gasteiger partial charge in [-0.2, -0.15) is 0 Å². The number of carbonyl (C=O) groups is 1. The zero-order chi connectivity index (χ0) is 19.8. The summed E-state index contributed by atoms with van der Waals surface area (Å²) in [7, 11) is 0. The summed E-state index contributed by atoms with van der Waals surface area (Å²) in [4.78, 5) is 17.8. The van der Waals surface area contributed by atoms with Crippen LogP contribution in [0.4, 0.5) is 0 Å². The van der Waals surface area contributed by atoms with Crippen molar-refractivity contribution < 1.29 is 9.53 Å². The summed E-state index contributed by atoms with van der Waals surface area (Å²) in [5, 5.41) is 3.67. The van der Waals surface area contributed by atoms with Crippen molar-refractivity contribution in [3.05, 3.63) is 70.2 Å². The van der Waals surface area contributed by atoms with E-state index in [1.165, 1.54) is 0 Å². The molecule has 4 nitrogen and oxygen atoms in total. The minimum atomic E-state index is -0.520. The molecular weight excluding hydrogens is 436 g/mol. The molecule has 0 spiro atoms. The summed E-state index contributed by atoms with van der Waals surface area (Å²) in [6.45, 7) is 4.92. The third-order valence-electron chi connectivity index (χ3n) is 5.69. The van der Waals surface area contributed by atoms with E-state index in [2.05, 4.69) is 47.2 Å². The van der Waals surface area contributed by atoms with E-state index in [9.17, 15) is 4.79 Å². The third kappa shape index (κ3) is 3.53. The third-order valence-corrected chi connectivity index (χ3v) is 7.43. The molecule has 0 bridgehead atoms. The van der Waals surface area contributed by atoms with Gasteiger partial charge in [-0.05, 0) is 43.2 Å². The fourth-order valence-corrected chi connectivity index (χ4v) is 5.74. The molecule has 6 heteroatoms.